The second kappa shape index (κ2) is 8.50. The zero-order valence-corrected chi connectivity index (χ0v) is 16.0. The summed E-state index contributed by atoms with van der Waals surface area (Å²) in [5.74, 6) is 0.401. The van der Waals surface area contributed by atoms with Crippen LogP contribution in [0, 0.1) is 5.41 Å². The molecule has 1 saturated carbocycles. The first kappa shape index (κ1) is 20.0. The third-order valence-electron chi connectivity index (χ3n) is 4.94. The molecule has 0 saturated heterocycles. The first-order valence-corrected chi connectivity index (χ1v) is 9.17. The lowest BCUT2D eigenvalue weighted by Gasteiger charge is -2.25. The molecule has 3 rings (SSSR count). The lowest BCUT2D eigenvalue weighted by Crippen LogP contribution is -2.41. The van der Waals surface area contributed by atoms with Crippen molar-refractivity contribution >= 4 is 11.9 Å². The number of aromatic nitrogens is 2. The van der Waals surface area contributed by atoms with Gasteiger partial charge in [-0.2, -0.15) is 4.98 Å². The second-order valence-electron chi connectivity index (χ2n) is 7.07. The van der Waals surface area contributed by atoms with Gasteiger partial charge in [0.05, 0.1) is 0 Å². The maximum atomic E-state index is 13.1. The molecule has 150 valence electrons. The summed E-state index contributed by atoms with van der Waals surface area (Å²) in [4.78, 5) is 24.0. The molecule has 0 unspecified atom stereocenters. The number of hydrogen-bond acceptors (Lipinski definition) is 5. The summed E-state index contributed by atoms with van der Waals surface area (Å²) in [7, 11) is 3.34. The molecular weight excluding hydrogens is 366 g/mol. The fourth-order valence-corrected chi connectivity index (χ4v) is 2.87. The molecular formula is C20H24F2N4O2. The molecule has 1 heterocycles. The molecule has 1 aromatic heterocycles. The van der Waals surface area contributed by atoms with Crippen LogP contribution in [0.2, 0.25) is 0 Å². The van der Waals surface area contributed by atoms with Gasteiger partial charge in [-0.1, -0.05) is 30.3 Å². The van der Waals surface area contributed by atoms with Gasteiger partial charge in [0.1, 0.15) is 12.0 Å². The first-order valence-electron chi connectivity index (χ1n) is 9.17. The second-order valence-corrected chi connectivity index (χ2v) is 7.07. The van der Waals surface area contributed by atoms with E-state index in [1.165, 1.54) is 4.90 Å². The Hall–Kier alpha value is -2.77. The number of halogens is 2. The standard InChI is InChI=1S/C20H24F2N4O2/c1-25(18(27)20(9-10-20)17(21)22)12-13-26(2)19-23-11-8-16(24-19)28-14-15-6-4-3-5-7-15/h3-8,11,17H,9-10,12-14H2,1-2H3. The molecule has 0 radical (unpaired) electrons. The summed E-state index contributed by atoms with van der Waals surface area (Å²) in [6.07, 6.45) is -0.493. The number of carbonyl (C=O) groups excluding carboxylic acids is 1. The van der Waals surface area contributed by atoms with Crippen LogP contribution >= 0.6 is 0 Å². The maximum absolute atomic E-state index is 13.1. The molecule has 0 N–H and O–H groups in total. The molecule has 28 heavy (non-hydrogen) atoms. The van der Waals surface area contributed by atoms with E-state index in [0.717, 1.165) is 5.56 Å². The molecule has 0 spiro atoms. The van der Waals surface area contributed by atoms with Crippen molar-refractivity contribution in [3.63, 3.8) is 0 Å². The highest BCUT2D eigenvalue weighted by Crippen LogP contribution is 2.51. The number of benzene rings is 1. The van der Waals surface area contributed by atoms with Gasteiger partial charge in [-0.15, -0.1) is 0 Å². The minimum Gasteiger partial charge on any atom is -0.473 e. The Morgan fingerprint density at radius 3 is 2.54 bits per heavy atom. The zero-order chi connectivity index (χ0) is 20.1. The maximum Gasteiger partial charge on any atom is 0.252 e. The van der Waals surface area contributed by atoms with Gasteiger partial charge in [-0.25, -0.2) is 13.8 Å². The van der Waals surface area contributed by atoms with Gasteiger partial charge in [0.2, 0.25) is 17.7 Å². The van der Waals surface area contributed by atoms with Gasteiger partial charge in [-0.3, -0.25) is 4.79 Å². The predicted octanol–water partition coefficient (Wildman–Crippen LogP) is 3.00. The number of amides is 1. The van der Waals surface area contributed by atoms with E-state index >= 15 is 0 Å². The quantitative estimate of drug-likeness (QED) is 0.659. The van der Waals surface area contributed by atoms with Crippen molar-refractivity contribution in [3.8, 4) is 5.88 Å². The van der Waals surface area contributed by atoms with Crippen molar-refractivity contribution in [2.75, 3.05) is 32.1 Å². The molecule has 6 nitrogen and oxygen atoms in total. The fraction of sp³-hybridized carbons (Fsp3) is 0.450. The Balaban J connectivity index is 1.53. The van der Waals surface area contributed by atoms with Crippen LogP contribution in [0.4, 0.5) is 14.7 Å². The molecule has 1 aliphatic rings. The van der Waals surface area contributed by atoms with E-state index in [4.69, 9.17) is 4.74 Å². The molecule has 1 fully saturated rings. The summed E-state index contributed by atoms with van der Waals surface area (Å²) < 4.78 is 31.9. The number of hydrogen-bond donors (Lipinski definition) is 0. The average molecular weight is 390 g/mol. The Bertz CT molecular complexity index is 800. The highest BCUT2D eigenvalue weighted by molar-refractivity contribution is 5.85. The van der Waals surface area contributed by atoms with Gasteiger partial charge in [0, 0.05) is 39.4 Å². The van der Waals surface area contributed by atoms with E-state index in [9.17, 15) is 13.6 Å². The van der Waals surface area contributed by atoms with Crippen LogP contribution in [0.1, 0.15) is 18.4 Å². The van der Waals surface area contributed by atoms with Gasteiger partial charge in [0.25, 0.3) is 6.43 Å². The van der Waals surface area contributed by atoms with Crippen molar-refractivity contribution in [3.05, 3.63) is 48.2 Å². The average Bonchev–Trinajstić information content (AvgIpc) is 3.53. The number of likely N-dealkylation sites (N-methyl/N-ethyl adjacent to an activating group) is 2. The van der Waals surface area contributed by atoms with Gasteiger partial charge in [0.15, 0.2) is 0 Å². The van der Waals surface area contributed by atoms with Crippen molar-refractivity contribution in [2.45, 2.75) is 25.9 Å². The minimum absolute atomic E-state index is 0.258. The summed E-state index contributed by atoms with van der Waals surface area (Å²) >= 11 is 0. The lowest BCUT2D eigenvalue weighted by atomic mass is 10.1. The third-order valence-corrected chi connectivity index (χ3v) is 4.94. The van der Waals surface area contributed by atoms with Crippen LogP contribution in [0.3, 0.4) is 0 Å². The van der Waals surface area contributed by atoms with E-state index in [0.29, 0.717) is 31.5 Å². The molecule has 0 bridgehead atoms. The largest absolute Gasteiger partial charge is 0.473 e. The van der Waals surface area contributed by atoms with Crippen LogP contribution in [0.5, 0.6) is 5.88 Å². The van der Waals surface area contributed by atoms with Crippen LogP contribution in [0.25, 0.3) is 0 Å². The van der Waals surface area contributed by atoms with Gasteiger partial charge >= 0.3 is 0 Å². The first-order chi connectivity index (χ1) is 13.4. The van der Waals surface area contributed by atoms with Crippen LogP contribution < -0.4 is 9.64 Å². The molecule has 0 aliphatic heterocycles. The Morgan fingerprint density at radius 1 is 1.18 bits per heavy atom. The minimum atomic E-state index is -2.61. The Kier molecular flexibility index (Phi) is 6.06. The Labute approximate surface area is 163 Å². The van der Waals surface area contributed by atoms with Crippen LogP contribution in [0.15, 0.2) is 42.6 Å². The van der Waals surface area contributed by atoms with Crippen molar-refractivity contribution < 1.29 is 18.3 Å². The summed E-state index contributed by atoms with van der Waals surface area (Å²) in [5, 5.41) is 0. The number of rotatable bonds is 9. The van der Waals surface area contributed by atoms with Crippen molar-refractivity contribution in [2.24, 2.45) is 5.41 Å². The fourth-order valence-electron chi connectivity index (χ4n) is 2.87. The van der Waals surface area contributed by atoms with E-state index in [-0.39, 0.29) is 12.8 Å². The highest BCUT2D eigenvalue weighted by atomic mass is 19.3. The number of nitrogens with zero attached hydrogens (tertiary/aromatic N) is 4. The lowest BCUT2D eigenvalue weighted by molar-refractivity contribution is -0.141. The normalized spacial score (nSPS) is 14.6. The number of anilines is 1. The summed E-state index contributed by atoms with van der Waals surface area (Å²) in [6.45, 7) is 1.12. The SMILES string of the molecule is CN(CCN(C)c1nccc(OCc2ccccc2)n1)C(=O)C1(C(F)F)CC1. The van der Waals surface area contributed by atoms with Crippen molar-refractivity contribution in [1.29, 1.82) is 0 Å². The summed E-state index contributed by atoms with van der Waals surface area (Å²) in [5.41, 5.74) is -0.432. The number of alkyl halides is 2. The molecule has 1 amide bonds. The van der Waals surface area contributed by atoms with E-state index in [2.05, 4.69) is 9.97 Å². The zero-order valence-electron chi connectivity index (χ0n) is 16.0. The summed E-state index contributed by atoms with van der Waals surface area (Å²) in [6, 6.07) is 11.4. The molecule has 1 aliphatic carbocycles. The van der Waals surface area contributed by atoms with E-state index in [1.807, 2.05) is 30.3 Å². The molecule has 8 heteroatoms. The molecule has 2 aromatic rings. The Morgan fingerprint density at radius 2 is 1.89 bits per heavy atom. The van der Waals surface area contributed by atoms with Gasteiger partial charge in [-0.05, 0) is 18.4 Å². The monoisotopic (exact) mass is 390 g/mol. The number of carbonyl (C=O) groups is 1. The van der Waals surface area contributed by atoms with Crippen molar-refractivity contribution in [1.82, 2.24) is 14.9 Å². The topological polar surface area (TPSA) is 58.6 Å². The predicted molar refractivity (Wildman–Crippen MR) is 101 cm³/mol. The highest BCUT2D eigenvalue weighted by Gasteiger charge is 2.58. The van der Waals surface area contributed by atoms with Gasteiger partial charge < -0.3 is 14.5 Å². The third kappa shape index (κ3) is 4.55. The van der Waals surface area contributed by atoms with E-state index < -0.39 is 17.7 Å². The smallest absolute Gasteiger partial charge is 0.252 e. The number of ether oxygens (including phenoxy) is 1. The molecule has 0 atom stereocenters. The van der Waals surface area contributed by atoms with Crippen LogP contribution in [-0.4, -0.2) is 54.4 Å². The van der Waals surface area contributed by atoms with Crippen LogP contribution in [-0.2, 0) is 11.4 Å². The van der Waals surface area contributed by atoms with E-state index in [1.54, 1.807) is 31.3 Å². The molecule has 1 aromatic carbocycles.